The second-order valence-electron chi connectivity index (χ2n) is 9.66. The molecule has 0 bridgehead atoms. The molecular weight excluding hydrogens is 412 g/mol. The quantitative estimate of drug-likeness (QED) is 0.633. The van der Waals surface area contributed by atoms with Gasteiger partial charge >= 0.3 is 11.9 Å². The van der Waals surface area contributed by atoms with Gasteiger partial charge in [-0.3, -0.25) is 9.59 Å². The van der Waals surface area contributed by atoms with E-state index in [0.29, 0.717) is 10.6 Å². The van der Waals surface area contributed by atoms with Crippen molar-refractivity contribution in [3.63, 3.8) is 0 Å². The maximum absolute atomic E-state index is 12.8. The molecule has 8 heteroatoms. The van der Waals surface area contributed by atoms with Gasteiger partial charge < -0.3 is 19.7 Å². The van der Waals surface area contributed by atoms with Crippen molar-refractivity contribution >= 4 is 29.3 Å². The van der Waals surface area contributed by atoms with Crippen LogP contribution in [0.1, 0.15) is 40.5 Å². The van der Waals surface area contributed by atoms with Crippen LogP contribution in [0.3, 0.4) is 0 Å². The Hall–Kier alpha value is -1.70. The van der Waals surface area contributed by atoms with E-state index >= 15 is 0 Å². The van der Waals surface area contributed by atoms with E-state index in [1.807, 2.05) is 6.92 Å². The van der Waals surface area contributed by atoms with Crippen molar-refractivity contribution in [3.8, 4) is 0 Å². The van der Waals surface area contributed by atoms with E-state index in [-0.39, 0.29) is 31.1 Å². The van der Waals surface area contributed by atoms with Crippen molar-refractivity contribution < 1.29 is 34.1 Å². The van der Waals surface area contributed by atoms with Gasteiger partial charge in [0.15, 0.2) is 11.4 Å². The molecule has 30 heavy (non-hydrogen) atoms. The second kappa shape index (κ2) is 6.65. The lowest BCUT2D eigenvalue weighted by Crippen LogP contribution is -2.63. The Kier molecular flexibility index (Phi) is 4.77. The Balaban J connectivity index is 1.88. The molecule has 4 rings (SSSR count). The molecule has 164 valence electrons. The van der Waals surface area contributed by atoms with Crippen LogP contribution >= 0.6 is 11.6 Å². The van der Waals surface area contributed by atoms with Gasteiger partial charge in [0.25, 0.3) is 0 Å². The number of esters is 2. The van der Waals surface area contributed by atoms with Crippen molar-refractivity contribution in [2.45, 2.75) is 58.3 Å². The third kappa shape index (κ3) is 2.61. The smallest absolute Gasteiger partial charge is 0.331 e. The van der Waals surface area contributed by atoms with Crippen LogP contribution in [0.15, 0.2) is 22.8 Å². The number of allylic oxidation sites excluding steroid dienone is 2. The average Bonchev–Trinajstić information content (AvgIpc) is 2.83. The highest BCUT2D eigenvalue weighted by atomic mass is 35.5. The standard InChI is InChI=1S/C22H27ClO7/c1-10(24)22(30-11(2)25)8-16(27)19-12-5-14(23)13-6-17(28)29-9-20(13,3)18(12)15(26)7-21(19,22)4/h5-6,12,15-16,18-19,26-27H,7-9H2,1-4H3/t12-,15+,16-,18-,19-,20+,21+,22+/m1/s1. The van der Waals surface area contributed by atoms with Crippen LogP contribution in [0.2, 0.25) is 0 Å². The van der Waals surface area contributed by atoms with Gasteiger partial charge in [-0.25, -0.2) is 4.79 Å². The predicted molar refractivity (Wildman–Crippen MR) is 106 cm³/mol. The van der Waals surface area contributed by atoms with Crippen LogP contribution < -0.4 is 0 Å². The summed E-state index contributed by atoms with van der Waals surface area (Å²) in [4.78, 5) is 36.5. The molecule has 2 saturated carbocycles. The summed E-state index contributed by atoms with van der Waals surface area (Å²) in [5, 5.41) is 22.8. The summed E-state index contributed by atoms with van der Waals surface area (Å²) in [6.07, 6.45) is 1.45. The molecule has 0 aromatic rings. The Morgan fingerprint density at radius 2 is 1.80 bits per heavy atom. The highest BCUT2D eigenvalue weighted by molar-refractivity contribution is 6.32. The number of rotatable bonds is 2. The zero-order valence-corrected chi connectivity index (χ0v) is 18.2. The number of hydrogen-bond donors (Lipinski definition) is 2. The first-order valence-corrected chi connectivity index (χ1v) is 10.6. The normalized spacial score (nSPS) is 47.2. The molecule has 0 spiro atoms. The number of carbonyl (C=O) groups excluding carboxylic acids is 3. The fourth-order valence-corrected chi connectivity index (χ4v) is 7.37. The molecule has 0 aromatic carbocycles. The molecule has 0 radical (unpaired) electrons. The summed E-state index contributed by atoms with van der Waals surface area (Å²) in [5.41, 5.74) is -2.62. The average molecular weight is 439 g/mol. The van der Waals surface area contributed by atoms with E-state index in [4.69, 9.17) is 21.1 Å². The first-order valence-electron chi connectivity index (χ1n) is 10.2. The Morgan fingerprint density at radius 1 is 1.17 bits per heavy atom. The van der Waals surface area contributed by atoms with Gasteiger partial charge in [-0.2, -0.15) is 0 Å². The summed E-state index contributed by atoms with van der Waals surface area (Å²) < 4.78 is 10.9. The predicted octanol–water partition coefficient (Wildman–Crippen LogP) is 1.89. The third-order valence-corrected chi connectivity index (χ3v) is 8.39. The number of ketones is 1. The molecule has 2 fully saturated rings. The molecule has 1 aliphatic heterocycles. The number of aliphatic hydroxyl groups is 2. The van der Waals surface area contributed by atoms with Gasteiger partial charge in [-0.1, -0.05) is 31.5 Å². The Morgan fingerprint density at radius 3 is 2.40 bits per heavy atom. The number of ether oxygens (including phenoxy) is 2. The number of halogens is 1. The molecular formula is C22H27ClO7. The van der Waals surface area contributed by atoms with E-state index in [1.165, 1.54) is 19.9 Å². The number of fused-ring (bicyclic) bond motifs is 5. The van der Waals surface area contributed by atoms with E-state index in [2.05, 4.69) is 0 Å². The largest absolute Gasteiger partial charge is 0.462 e. The lowest BCUT2D eigenvalue weighted by atomic mass is 9.48. The minimum absolute atomic E-state index is 0.0289. The van der Waals surface area contributed by atoms with E-state index in [0.717, 1.165) is 0 Å². The number of hydrogen-bond acceptors (Lipinski definition) is 7. The monoisotopic (exact) mass is 438 g/mol. The van der Waals surface area contributed by atoms with Crippen molar-refractivity contribution in [2.75, 3.05) is 6.61 Å². The zero-order valence-electron chi connectivity index (χ0n) is 17.5. The molecule has 8 atom stereocenters. The van der Waals surface area contributed by atoms with Crippen LogP contribution in [-0.4, -0.2) is 52.4 Å². The van der Waals surface area contributed by atoms with Crippen LogP contribution in [0.25, 0.3) is 0 Å². The third-order valence-electron chi connectivity index (χ3n) is 8.06. The van der Waals surface area contributed by atoms with Crippen LogP contribution in [0, 0.1) is 28.6 Å². The Bertz CT molecular complexity index is 894. The minimum atomic E-state index is -1.52. The van der Waals surface area contributed by atoms with Crippen LogP contribution in [-0.2, 0) is 23.9 Å². The van der Waals surface area contributed by atoms with Gasteiger partial charge in [-0.05, 0) is 24.8 Å². The highest BCUT2D eigenvalue weighted by Crippen LogP contribution is 2.67. The first kappa shape index (κ1) is 21.5. The van der Waals surface area contributed by atoms with Gasteiger partial charge in [-0.15, -0.1) is 0 Å². The van der Waals surface area contributed by atoms with Gasteiger partial charge in [0.1, 0.15) is 6.61 Å². The van der Waals surface area contributed by atoms with Gasteiger partial charge in [0.05, 0.1) is 12.2 Å². The summed E-state index contributed by atoms with van der Waals surface area (Å²) in [7, 11) is 0. The molecule has 0 unspecified atom stereocenters. The number of carbonyl (C=O) groups is 3. The van der Waals surface area contributed by atoms with E-state index in [1.54, 1.807) is 13.0 Å². The first-order chi connectivity index (χ1) is 13.9. The molecule has 4 aliphatic rings. The fourth-order valence-electron chi connectivity index (χ4n) is 6.95. The van der Waals surface area contributed by atoms with Crippen LogP contribution in [0.5, 0.6) is 0 Å². The molecule has 0 aromatic heterocycles. The van der Waals surface area contributed by atoms with Crippen LogP contribution in [0.4, 0.5) is 0 Å². The molecule has 3 aliphatic carbocycles. The maximum Gasteiger partial charge on any atom is 0.331 e. The van der Waals surface area contributed by atoms with E-state index in [9.17, 15) is 24.6 Å². The molecule has 1 heterocycles. The molecule has 0 amide bonds. The molecule has 0 saturated heterocycles. The van der Waals surface area contributed by atoms with Gasteiger partial charge in [0, 0.05) is 47.1 Å². The van der Waals surface area contributed by atoms with Gasteiger partial charge in [0.2, 0.25) is 0 Å². The molecule has 7 nitrogen and oxygen atoms in total. The lowest BCUT2D eigenvalue weighted by Gasteiger charge is -2.59. The van der Waals surface area contributed by atoms with Crippen molar-refractivity contribution in [1.29, 1.82) is 0 Å². The Labute approximate surface area is 180 Å². The topological polar surface area (TPSA) is 110 Å². The summed E-state index contributed by atoms with van der Waals surface area (Å²) >= 11 is 6.58. The molecule has 2 N–H and O–H groups in total. The minimum Gasteiger partial charge on any atom is -0.462 e. The fraction of sp³-hybridized carbons (Fsp3) is 0.682. The summed E-state index contributed by atoms with van der Waals surface area (Å²) in [5.74, 6) is -2.68. The summed E-state index contributed by atoms with van der Waals surface area (Å²) in [6.45, 7) is 6.36. The maximum atomic E-state index is 12.8. The highest BCUT2D eigenvalue weighted by Gasteiger charge is 2.72. The summed E-state index contributed by atoms with van der Waals surface area (Å²) in [6, 6.07) is 0. The number of aliphatic hydroxyl groups excluding tert-OH is 2. The number of cyclic esters (lactones) is 1. The van der Waals surface area contributed by atoms with Crippen molar-refractivity contribution in [1.82, 2.24) is 0 Å². The number of Topliss-reactive ketones (excluding diaryl/α,β-unsaturated/α-hetero) is 1. The zero-order chi connectivity index (χ0) is 22.2. The SMILES string of the molecule is CC(=O)O[C@]1(C(C)=O)C[C@@H](O)[C@H]2[C@@H]3C=C(Cl)C4=CC(=O)OC[C@]4(C)[C@H]3[C@@H](O)C[C@@]21C. The van der Waals surface area contributed by atoms with Crippen molar-refractivity contribution in [2.24, 2.45) is 28.6 Å². The van der Waals surface area contributed by atoms with Crippen molar-refractivity contribution in [3.05, 3.63) is 22.8 Å². The van der Waals surface area contributed by atoms with E-state index < -0.39 is 52.4 Å². The lowest BCUT2D eigenvalue weighted by molar-refractivity contribution is -0.196. The second-order valence-corrected chi connectivity index (χ2v) is 10.1.